The van der Waals surface area contributed by atoms with Gasteiger partial charge in [-0.1, -0.05) is 11.6 Å². The molecule has 0 radical (unpaired) electrons. The highest BCUT2D eigenvalue weighted by atomic mass is 35.5. The summed E-state index contributed by atoms with van der Waals surface area (Å²) in [6.45, 7) is 0.526. The number of halogens is 3. The summed E-state index contributed by atoms with van der Waals surface area (Å²) in [5, 5.41) is 3.51. The Morgan fingerprint density at radius 1 is 1.12 bits per heavy atom. The van der Waals surface area contributed by atoms with Crippen molar-refractivity contribution in [2.75, 3.05) is 13.2 Å². The first-order valence-electron chi connectivity index (χ1n) is 8.23. The summed E-state index contributed by atoms with van der Waals surface area (Å²) in [7, 11) is -4.06. The van der Waals surface area contributed by atoms with Gasteiger partial charge in [-0.15, -0.1) is 0 Å². The number of sulfone groups is 1. The summed E-state index contributed by atoms with van der Waals surface area (Å²) < 4.78 is 60.2. The number of benzene rings is 2. The fraction of sp³-hybridized carbons (Fsp3) is 0.333. The molecular formula is C18H16ClF2NO3S. The topological polar surface area (TPSA) is 55.4 Å². The number of hydrogen-bond donors (Lipinski definition) is 1. The van der Waals surface area contributed by atoms with Crippen molar-refractivity contribution in [3.05, 3.63) is 58.6 Å². The molecule has 1 N–H and O–H groups in total. The molecule has 1 fully saturated rings. The van der Waals surface area contributed by atoms with Gasteiger partial charge in [0.25, 0.3) is 0 Å². The summed E-state index contributed by atoms with van der Waals surface area (Å²) in [6, 6.07) is 6.95. The van der Waals surface area contributed by atoms with Crippen LogP contribution in [0.5, 0.6) is 5.75 Å². The molecule has 0 aromatic heterocycles. The van der Waals surface area contributed by atoms with Crippen molar-refractivity contribution in [2.45, 2.75) is 28.5 Å². The lowest BCUT2D eigenvalue weighted by Gasteiger charge is -2.47. The predicted molar refractivity (Wildman–Crippen MR) is 93.2 cm³/mol. The fourth-order valence-electron chi connectivity index (χ4n) is 3.97. The number of nitrogens with one attached hydrogen (secondary N) is 1. The lowest BCUT2D eigenvalue weighted by atomic mass is 9.81. The van der Waals surface area contributed by atoms with E-state index in [0.29, 0.717) is 18.0 Å². The maximum absolute atomic E-state index is 14.8. The second-order valence-electron chi connectivity index (χ2n) is 6.50. The molecule has 0 unspecified atom stereocenters. The highest BCUT2D eigenvalue weighted by molar-refractivity contribution is 7.92. The molecule has 2 aliphatic heterocycles. The average Bonchev–Trinajstić information content (AvgIpc) is 2.64. The zero-order valence-electron chi connectivity index (χ0n) is 13.6. The van der Waals surface area contributed by atoms with E-state index in [4.69, 9.17) is 16.3 Å². The van der Waals surface area contributed by atoms with Crippen LogP contribution in [-0.2, 0) is 14.6 Å². The van der Waals surface area contributed by atoms with E-state index in [0.717, 1.165) is 12.1 Å². The van der Waals surface area contributed by atoms with Crippen LogP contribution >= 0.6 is 11.6 Å². The van der Waals surface area contributed by atoms with Gasteiger partial charge in [-0.05, 0) is 55.8 Å². The van der Waals surface area contributed by atoms with E-state index < -0.39 is 32.3 Å². The number of rotatable bonds is 2. The maximum atomic E-state index is 14.8. The number of ether oxygens (including phenoxy) is 1. The molecule has 2 aromatic carbocycles. The van der Waals surface area contributed by atoms with Crippen molar-refractivity contribution < 1.29 is 21.9 Å². The molecule has 2 heterocycles. The van der Waals surface area contributed by atoms with Crippen LogP contribution in [0.1, 0.15) is 18.4 Å². The highest BCUT2D eigenvalue weighted by Crippen LogP contribution is 2.51. The first-order chi connectivity index (χ1) is 12.4. The first kappa shape index (κ1) is 17.7. The Kier molecular flexibility index (Phi) is 4.21. The van der Waals surface area contributed by atoms with Crippen LogP contribution in [0, 0.1) is 11.6 Å². The van der Waals surface area contributed by atoms with E-state index >= 15 is 0 Å². The normalized spacial score (nSPS) is 25.1. The van der Waals surface area contributed by atoms with Gasteiger partial charge in [-0.25, -0.2) is 17.2 Å². The molecule has 0 spiro atoms. The molecule has 0 amide bonds. The molecule has 2 aliphatic rings. The summed E-state index contributed by atoms with van der Waals surface area (Å²) in [5.41, 5.74) is -0.226. The van der Waals surface area contributed by atoms with Gasteiger partial charge in [0.1, 0.15) is 17.2 Å². The molecule has 1 saturated heterocycles. The van der Waals surface area contributed by atoms with Crippen LogP contribution in [0.4, 0.5) is 8.78 Å². The van der Waals surface area contributed by atoms with E-state index in [1.54, 1.807) is 0 Å². The molecular weight excluding hydrogens is 384 g/mol. The summed E-state index contributed by atoms with van der Waals surface area (Å²) in [5.74, 6) is -1.87. The van der Waals surface area contributed by atoms with Crippen molar-refractivity contribution in [2.24, 2.45) is 0 Å². The molecule has 0 aliphatic carbocycles. The zero-order valence-corrected chi connectivity index (χ0v) is 15.2. The van der Waals surface area contributed by atoms with E-state index in [-0.39, 0.29) is 29.2 Å². The molecule has 8 heteroatoms. The second kappa shape index (κ2) is 6.18. The summed E-state index contributed by atoms with van der Waals surface area (Å²) >= 11 is 5.87. The van der Waals surface area contributed by atoms with Gasteiger partial charge in [-0.2, -0.15) is 0 Å². The largest absolute Gasteiger partial charge is 0.488 e. The van der Waals surface area contributed by atoms with Gasteiger partial charge in [0.05, 0.1) is 16.5 Å². The van der Waals surface area contributed by atoms with E-state index in [9.17, 15) is 17.2 Å². The van der Waals surface area contributed by atoms with Crippen molar-refractivity contribution in [3.8, 4) is 5.75 Å². The van der Waals surface area contributed by atoms with Crippen LogP contribution in [0.15, 0.2) is 41.3 Å². The smallest absolute Gasteiger partial charge is 0.190 e. The minimum Gasteiger partial charge on any atom is -0.488 e. The van der Waals surface area contributed by atoms with Crippen LogP contribution in [-0.4, -0.2) is 27.6 Å². The third-order valence-corrected chi connectivity index (χ3v) is 7.95. The number of hydrogen-bond acceptors (Lipinski definition) is 4. The monoisotopic (exact) mass is 399 g/mol. The van der Waals surface area contributed by atoms with Crippen molar-refractivity contribution >= 4 is 21.4 Å². The quantitative estimate of drug-likeness (QED) is 0.840. The van der Waals surface area contributed by atoms with E-state index in [2.05, 4.69) is 5.32 Å². The van der Waals surface area contributed by atoms with Crippen molar-refractivity contribution in [1.82, 2.24) is 5.32 Å². The van der Waals surface area contributed by atoms with Gasteiger partial charge in [0.2, 0.25) is 0 Å². The summed E-state index contributed by atoms with van der Waals surface area (Å²) in [4.78, 5) is 0.0205. The lowest BCUT2D eigenvalue weighted by molar-refractivity contribution is 0.157. The van der Waals surface area contributed by atoms with E-state index in [1.807, 2.05) is 0 Å². The Morgan fingerprint density at radius 2 is 1.81 bits per heavy atom. The molecule has 138 valence electrons. The van der Waals surface area contributed by atoms with Crippen molar-refractivity contribution in [1.29, 1.82) is 0 Å². The minimum atomic E-state index is -4.06. The summed E-state index contributed by atoms with van der Waals surface area (Å²) in [6.07, 6.45) is 0.686. The van der Waals surface area contributed by atoms with Crippen LogP contribution < -0.4 is 10.1 Å². The standard InChI is InChI=1S/C18H16ClF2NO3S/c19-11-2-4-12(5-3-11)26(23,24)18-8-1-9-22-15(18)10-25-17-14(21)7-6-13(20)16(17)18/h2-7,15,22H,1,8-10H2/t15-,18+/m0/s1. The maximum Gasteiger partial charge on any atom is 0.190 e. The number of piperidine rings is 1. The third-order valence-electron chi connectivity index (χ3n) is 5.16. The predicted octanol–water partition coefficient (Wildman–Crippen LogP) is 3.43. The second-order valence-corrected chi connectivity index (χ2v) is 9.14. The SMILES string of the molecule is O=S(=O)(c1ccc(Cl)cc1)[C@]12CCCN[C@H]1COc1c(F)ccc(F)c12. The zero-order chi connectivity index (χ0) is 18.5. The Hall–Kier alpha value is -1.70. The Labute approximate surface area is 155 Å². The Bertz CT molecular complexity index is 965. The average molecular weight is 400 g/mol. The molecule has 26 heavy (non-hydrogen) atoms. The minimum absolute atomic E-state index is 0.0205. The van der Waals surface area contributed by atoms with Crippen molar-refractivity contribution in [3.63, 3.8) is 0 Å². The van der Waals surface area contributed by atoms with Gasteiger partial charge < -0.3 is 10.1 Å². The molecule has 2 atom stereocenters. The van der Waals surface area contributed by atoms with E-state index in [1.165, 1.54) is 24.3 Å². The van der Waals surface area contributed by atoms with Gasteiger partial charge in [0.15, 0.2) is 21.4 Å². The lowest BCUT2D eigenvalue weighted by Crippen LogP contribution is -2.61. The Morgan fingerprint density at radius 3 is 2.54 bits per heavy atom. The third kappa shape index (κ3) is 2.37. The molecule has 2 aromatic rings. The van der Waals surface area contributed by atoms with Gasteiger partial charge in [0, 0.05) is 5.02 Å². The van der Waals surface area contributed by atoms with Gasteiger partial charge in [-0.3, -0.25) is 0 Å². The highest BCUT2D eigenvalue weighted by Gasteiger charge is 2.58. The molecule has 4 nitrogen and oxygen atoms in total. The number of fused-ring (bicyclic) bond motifs is 3. The molecule has 0 bridgehead atoms. The van der Waals surface area contributed by atoms with Crippen LogP contribution in [0.25, 0.3) is 0 Å². The van der Waals surface area contributed by atoms with Crippen LogP contribution in [0.2, 0.25) is 5.02 Å². The molecule has 4 rings (SSSR count). The van der Waals surface area contributed by atoms with Crippen LogP contribution in [0.3, 0.4) is 0 Å². The van der Waals surface area contributed by atoms with Gasteiger partial charge >= 0.3 is 0 Å². The first-order valence-corrected chi connectivity index (χ1v) is 10.1. The fourth-order valence-corrected chi connectivity index (χ4v) is 6.41. The Balaban J connectivity index is 2.02. The molecule has 0 saturated carbocycles.